The molecule has 1 heterocycles. The molecular formula is C13H19NO. The van der Waals surface area contributed by atoms with E-state index in [0.717, 1.165) is 30.6 Å². The van der Waals surface area contributed by atoms with Crippen LogP contribution in [0.25, 0.3) is 5.57 Å². The second-order valence-corrected chi connectivity index (χ2v) is 3.46. The van der Waals surface area contributed by atoms with Crippen molar-refractivity contribution in [1.82, 2.24) is 4.98 Å². The molecule has 82 valence electrons. The third-order valence-corrected chi connectivity index (χ3v) is 2.32. The summed E-state index contributed by atoms with van der Waals surface area (Å²) in [4.78, 5) is 4.16. The van der Waals surface area contributed by atoms with Gasteiger partial charge < -0.3 is 4.74 Å². The zero-order chi connectivity index (χ0) is 11.1. The zero-order valence-electron chi connectivity index (χ0n) is 9.79. The maximum Gasteiger partial charge on any atom is 0.129 e. The Kier molecular flexibility index (Phi) is 4.88. The number of ether oxygens (including phenoxy) is 1. The van der Waals surface area contributed by atoms with Crippen molar-refractivity contribution in [3.63, 3.8) is 0 Å². The lowest BCUT2D eigenvalue weighted by atomic mass is 10.0. The van der Waals surface area contributed by atoms with Crippen LogP contribution in [0.5, 0.6) is 5.75 Å². The average Bonchev–Trinajstić information content (AvgIpc) is 2.29. The van der Waals surface area contributed by atoms with Gasteiger partial charge in [-0.25, -0.2) is 0 Å². The van der Waals surface area contributed by atoms with Crippen molar-refractivity contribution in [1.29, 1.82) is 0 Å². The predicted octanol–water partition coefficient (Wildman–Crippen LogP) is 3.68. The summed E-state index contributed by atoms with van der Waals surface area (Å²) in [5.41, 5.74) is 2.47. The molecule has 1 rings (SSSR count). The van der Waals surface area contributed by atoms with Crippen LogP contribution in [0.2, 0.25) is 0 Å². The van der Waals surface area contributed by atoms with E-state index in [4.69, 9.17) is 4.74 Å². The SMILES string of the molecule is CC/C=C(\CCC)c1cnccc1OC. The van der Waals surface area contributed by atoms with Crippen LogP contribution in [0.3, 0.4) is 0 Å². The van der Waals surface area contributed by atoms with E-state index in [1.807, 2.05) is 12.3 Å². The maximum absolute atomic E-state index is 5.34. The molecule has 0 aliphatic carbocycles. The largest absolute Gasteiger partial charge is 0.496 e. The number of rotatable bonds is 5. The van der Waals surface area contributed by atoms with Crippen molar-refractivity contribution in [3.8, 4) is 5.75 Å². The van der Waals surface area contributed by atoms with Crippen LogP contribution in [0, 0.1) is 0 Å². The number of nitrogens with zero attached hydrogens (tertiary/aromatic N) is 1. The number of hydrogen-bond acceptors (Lipinski definition) is 2. The minimum Gasteiger partial charge on any atom is -0.496 e. The van der Waals surface area contributed by atoms with Gasteiger partial charge in [0, 0.05) is 18.0 Å². The molecular weight excluding hydrogens is 186 g/mol. The highest BCUT2D eigenvalue weighted by Gasteiger charge is 2.06. The zero-order valence-corrected chi connectivity index (χ0v) is 9.79. The van der Waals surface area contributed by atoms with Gasteiger partial charge in [0.05, 0.1) is 7.11 Å². The highest BCUT2D eigenvalue weighted by molar-refractivity contribution is 5.69. The molecule has 1 aromatic heterocycles. The van der Waals surface area contributed by atoms with Crippen molar-refractivity contribution in [3.05, 3.63) is 30.1 Å². The minimum atomic E-state index is 0.915. The molecule has 0 bridgehead atoms. The van der Waals surface area contributed by atoms with Crippen LogP contribution in [0.1, 0.15) is 38.7 Å². The van der Waals surface area contributed by atoms with Gasteiger partial charge in [0.1, 0.15) is 5.75 Å². The quantitative estimate of drug-likeness (QED) is 0.731. The highest BCUT2D eigenvalue weighted by atomic mass is 16.5. The number of methoxy groups -OCH3 is 1. The van der Waals surface area contributed by atoms with E-state index in [1.54, 1.807) is 13.3 Å². The summed E-state index contributed by atoms with van der Waals surface area (Å²) in [5.74, 6) is 0.915. The topological polar surface area (TPSA) is 22.1 Å². The monoisotopic (exact) mass is 205 g/mol. The van der Waals surface area contributed by atoms with Crippen LogP contribution >= 0.6 is 0 Å². The van der Waals surface area contributed by atoms with Crippen molar-refractivity contribution >= 4 is 5.57 Å². The van der Waals surface area contributed by atoms with Gasteiger partial charge in [0.25, 0.3) is 0 Å². The molecule has 0 unspecified atom stereocenters. The number of hydrogen-bond donors (Lipinski definition) is 0. The number of pyridine rings is 1. The van der Waals surface area contributed by atoms with Gasteiger partial charge in [0.2, 0.25) is 0 Å². The normalized spacial score (nSPS) is 11.5. The lowest BCUT2D eigenvalue weighted by molar-refractivity contribution is 0.412. The maximum atomic E-state index is 5.34. The van der Waals surface area contributed by atoms with E-state index in [2.05, 4.69) is 24.9 Å². The van der Waals surface area contributed by atoms with E-state index in [1.165, 1.54) is 5.57 Å². The van der Waals surface area contributed by atoms with Crippen molar-refractivity contribution in [2.45, 2.75) is 33.1 Å². The molecule has 0 aromatic carbocycles. The second kappa shape index (κ2) is 6.23. The molecule has 0 aliphatic heterocycles. The third-order valence-electron chi connectivity index (χ3n) is 2.32. The van der Waals surface area contributed by atoms with Crippen molar-refractivity contribution in [2.24, 2.45) is 0 Å². The van der Waals surface area contributed by atoms with Gasteiger partial charge in [-0.05, 0) is 24.5 Å². The van der Waals surface area contributed by atoms with E-state index in [9.17, 15) is 0 Å². The van der Waals surface area contributed by atoms with Gasteiger partial charge in [-0.1, -0.05) is 26.3 Å². The van der Waals surface area contributed by atoms with E-state index in [-0.39, 0.29) is 0 Å². The first-order chi connectivity index (χ1) is 7.33. The molecule has 2 nitrogen and oxygen atoms in total. The fourth-order valence-corrected chi connectivity index (χ4v) is 1.66. The first-order valence-corrected chi connectivity index (χ1v) is 5.50. The Hall–Kier alpha value is -1.31. The van der Waals surface area contributed by atoms with Gasteiger partial charge >= 0.3 is 0 Å². The molecule has 1 aromatic rings. The predicted molar refractivity (Wildman–Crippen MR) is 64.0 cm³/mol. The van der Waals surface area contributed by atoms with Gasteiger partial charge in [-0.15, -0.1) is 0 Å². The average molecular weight is 205 g/mol. The first kappa shape index (κ1) is 11.8. The molecule has 0 fully saturated rings. The van der Waals surface area contributed by atoms with Gasteiger partial charge in [-0.3, -0.25) is 4.98 Å². The smallest absolute Gasteiger partial charge is 0.129 e. The third kappa shape index (κ3) is 3.08. The summed E-state index contributed by atoms with van der Waals surface area (Å²) in [6.07, 6.45) is 9.17. The van der Waals surface area contributed by atoms with Crippen LogP contribution in [0.4, 0.5) is 0 Å². The van der Waals surface area contributed by atoms with Crippen molar-refractivity contribution < 1.29 is 4.74 Å². The molecule has 0 amide bonds. The molecule has 0 N–H and O–H groups in total. The first-order valence-electron chi connectivity index (χ1n) is 5.50. The van der Waals surface area contributed by atoms with Crippen LogP contribution in [0.15, 0.2) is 24.5 Å². The van der Waals surface area contributed by atoms with E-state index < -0.39 is 0 Å². The molecule has 0 aliphatic rings. The van der Waals surface area contributed by atoms with Gasteiger partial charge in [0.15, 0.2) is 0 Å². The fourth-order valence-electron chi connectivity index (χ4n) is 1.66. The summed E-state index contributed by atoms with van der Waals surface area (Å²) in [6, 6.07) is 1.91. The molecule has 0 radical (unpaired) electrons. The Labute approximate surface area is 92.0 Å². The molecule has 15 heavy (non-hydrogen) atoms. The van der Waals surface area contributed by atoms with Gasteiger partial charge in [-0.2, -0.15) is 0 Å². The Balaban J connectivity index is 3.04. The lowest BCUT2D eigenvalue weighted by Crippen LogP contribution is -1.93. The summed E-state index contributed by atoms with van der Waals surface area (Å²) < 4.78 is 5.34. The van der Waals surface area contributed by atoms with E-state index >= 15 is 0 Å². The highest BCUT2D eigenvalue weighted by Crippen LogP contribution is 2.28. The lowest BCUT2D eigenvalue weighted by Gasteiger charge is -2.10. The standard InChI is InChI=1S/C13H19NO/c1-4-6-11(7-5-2)12-10-14-9-8-13(12)15-3/h6,8-10H,4-5,7H2,1-3H3/b11-6+. The molecule has 0 atom stereocenters. The Morgan fingerprint density at radius 1 is 1.47 bits per heavy atom. The molecule has 0 saturated carbocycles. The Morgan fingerprint density at radius 3 is 2.87 bits per heavy atom. The Morgan fingerprint density at radius 2 is 2.27 bits per heavy atom. The number of aromatic nitrogens is 1. The molecule has 2 heteroatoms. The minimum absolute atomic E-state index is 0.915. The van der Waals surface area contributed by atoms with Crippen molar-refractivity contribution in [2.75, 3.05) is 7.11 Å². The summed E-state index contributed by atoms with van der Waals surface area (Å²) in [7, 11) is 1.70. The molecule has 0 saturated heterocycles. The Bertz CT molecular complexity index is 331. The summed E-state index contributed by atoms with van der Waals surface area (Å²) in [6.45, 7) is 4.34. The van der Waals surface area contributed by atoms with Crippen LogP contribution in [-0.4, -0.2) is 12.1 Å². The van der Waals surface area contributed by atoms with Crippen LogP contribution in [-0.2, 0) is 0 Å². The number of allylic oxidation sites excluding steroid dienone is 2. The molecule has 0 spiro atoms. The van der Waals surface area contributed by atoms with Crippen LogP contribution < -0.4 is 4.74 Å². The fraction of sp³-hybridized carbons (Fsp3) is 0.462. The second-order valence-electron chi connectivity index (χ2n) is 3.46. The summed E-state index contributed by atoms with van der Waals surface area (Å²) >= 11 is 0. The summed E-state index contributed by atoms with van der Waals surface area (Å²) in [5, 5.41) is 0. The van der Waals surface area contributed by atoms with E-state index in [0.29, 0.717) is 0 Å².